The van der Waals surface area contributed by atoms with Gasteiger partial charge >= 0.3 is 5.76 Å². The van der Waals surface area contributed by atoms with Gasteiger partial charge in [-0.2, -0.15) is 0 Å². The van der Waals surface area contributed by atoms with E-state index in [1.54, 1.807) is 36.5 Å². The number of ether oxygens (including phenoxy) is 2. The molecular formula is C53H51N9O6. The number of fused-ring (bicyclic) bond motifs is 8. The summed E-state index contributed by atoms with van der Waals surface area (Å²) in [5.74, 6) is 2.54. The Hall–Kier alpha value is -7.62. The van der Waals surface area contributed by atoms with Crippen molar-refractivity contribution in [2.24, 2.45) is 5.73 Å². The number of carbonyl (C=O) groups excluding carboxylic acids is 2. The van der Waals surface area contributed by atoms with Crippen LogP contribution in [0, 0.1) is 0 Å². The zero-order valence-corrected chi connectivity index (χ0v) is 37.3. The summed E-state index contributed by atoms with van der Waals surface area (Å²) in [6, 6.07) is 42.3. The maximum absolute atomic E-state index is 11.6. The number of primary amides is 1. The molecule has 68 heavy (non-hydrogen) atoms. The molecule has 7 aromatic rings. The van der Waals surface area contributed by atoms with E-state index in [1.807, 2.05) is 60.8 Å². The monoisotopic (exact) mass is 909 g/mol. The quantitative estimate of drug-likeness (QED) is 0.129. The first-order valence-electron chi connectivity index (χ1n) is 23.4. The highest BCUT2D eigenvalue weighted by Gasteiger charge is 2.45. The molecule has 344 valence electrons. The Balaban J connectivity index is 0.000000133. The number of aldehydes is 1. The van der Waals surface area contributed by atoms with Crippen LogP contribution in [-0.4, -0.2) is 73.5 Å². The fraction of sp³-hybridized carbons (Fsp3) is 0.283. The van der Waals surface area contributed by atoms with Gasteiger partial charge in [-0.3, -0.25) is 34.0 Å². The van der Waals surface area contributed by atoms with Gasteiger partial charge in [-0.05, 0) is 136 Å². The van der Waals surface area contributed by atoms with Gasteiger partial charge in [0.05, 0.1) is 28.4 Å². The summed E-state index contributed by atoms with van der Waals surface area (Å²) in [4.78, 5) is 51.4. The van der Waals surface area contributed by atoms with Crippen LogP contribution in [0.3, 0.4) is 0 Å². The molecule has 4 bridgehead atoms. The molecular weight excluding hydrogens is 859 g/mol. The Labute approximate surface area is 392 Å². The summed E-state index contributed by atoms with van der Waals surface area (Å²) in [5, 5.41) is 7.55. The molecule has 3 aromatic heterocycles. The number of amides is 1. The number of aromatic nitrogens is 4. The minimum atomic E-state index is -0.571. The molecule has 4 fully saturated rings. The summed E-state index contributed by atoms with van der Waals surface area (Å²) in [7, 11) is 0. The van der Waals surface area contributed by atoms with E-state index in [0.717, 1.165) is 89.8 Å². The van der Waals surface area contributed by atoms with E-state index in [-0.39, 0.29) is 0 Å². The standard InChI is InChI=1S/C27H25N5O3.C20H21N3O2.C6H5NO/c33-27-29-26(30-35-27)17-8-11-23-25(13-17)34-24-7-2-1-6-22(24)32(23)21-14-19-9-10-20(15-21)31(19)16-18-5-3-4-12-28-18;21-20(24)12-5-8-17-19(9-12)25-18-4-2-1-3-16(18)23(17)15-10-13-6-7-14(11-15)22-13;8-5-6-3-1-2-4-7-6/h1-8,11-13,19-21H,9-10,14-16H2,(H,29,30,33);1-5,8-9,13-15,22H,6-7,10-11H2,(H2,21,24);1-5H/t19-,20+,21?;13-,14+,15?;. The third-order valence-corrected chi connectivity index (χ3v) is 14.0. The number of anilines is 4. The van der Waals surface area contributed by atoms with Gasteiger partial charge in [0, 0.05) is 66.3 Å². The molecule has 6 aliphatic heterocycles. The second-order valence-electron chi connectivity index (χ2n) is 18.2. The number of H-pyrrole nitrogens is 1. The van der Waals surface area contributed by atoms with Crippen molar-refractivity contribution < 1.29 is 23.6 Å². The van der Waals surface area contributed by atoms with E-state index in [4.69, 9.17) is 19.7 Å². The highest BCUT2D eigenvalue weighted by molar-refractivity contribution is 5.95. The van der Waals surface area contributed by atoms with Crippen molar-refractivity contribution in [3.8, 4) is 34.4 Å². The van der Waals surface area contributed by atoms with Crippen LogP contribution < -0.4 is 36.1 Å². The minimum Gasteiger partial charge on any atom is -0.453 e. The number of nitrogens with zero attached hydrogens (tertiary/aromatic N) is 6. The average Bonchev–Trinajstić information content (AvgIpc) is 4.03. The highest BCUT2D eigenvalue weighted by Crippen LogP contribution is 2.52. The van der Waals surface area contributed by atoms with Crippen LogP contribution in [0.15, 0.2) is 143 Å². The number of nitrogens with two attached hydrogens (primary N) is 1. The second kappa shape index (κ2) is 18.6. The summed E-state index contributed by atoms with van der Waals surface area (Å²) >= 11 is 0. The third kappa shape index (κ3) is 8.61. The van der Waals surface area contributed by atoms with Gasteiger partial charge in [0.25, 0.3) is 0 Å². The number of benzene rings is 4. The Morgan fingerprint density at radius 2 is 1.24 bits per heavy atom. The SMILES string of the molecule is NC(=O)c1ccc2c(c1)Oc1ccccc1N2C1C[C@H]2CC[C@@H](C1)N2.O=Cc1ccccn1.O=c1[nH]c(-c2ccc3c(c2)Oc2ccccc2N3C2C[C@H]3CC[C@@H](C2)N3Cc2ccccn2)no1. The van der Waals surface area contributed by atoms with Gasteiger partial charge in [0.15, 0.2) is 35.1 Å². The topological polar surface area (TPSA) is 185 Å². The van der Waals surface area contributed by atoms with Crippen LogP contribution in [0.2, 0.25) is 0 Å². The van der Waals surface area contributed by atoms with Crippen LogP contribution in [0.25, 0.3) is 11.4 Å². The number of hydrogen-bond acceptors (Lipinski definition) is 13. The Kier molecular flexibility index (Phi) is 11.7. The van der Waals surface area contributed by atoms with Crippen molar-refractivity contribution in [1.29, 1.82) is 0 Å². The van der Waals surface area contributed by atoms with Gasteiger partial charge < -0.3 is 30.3 Å². The molecule has 6 atom stereocenters. The molecule has 13 rings (SSSR count). The largest absolute Gasteiger partial charge is 0.453 e. The molecule has 0 saturated carbocycles. The molecule has 1 amide bonds. The molecule has 4 aromatic carbocycles. The number of piperidine rings is 2. The number of aromatic amines is 1. The van der Waals surface area contributed by atoms with Crippen LogP contribution in [0.4, 0.5) is 22.7 Å². The molecule has 4 saturated heterocycles. The predicted molar refractivity (Wildman–Crippen MR) is 257 cm³/mol. The Bertz CT molecular complexity index is 2970. The van der Waals surface area contributed by atoms with Gasteiger partial charge in [-0.15, -0.1) is 0 Å². The fourth-order valence-electron chi connectivity index (χ4n) is 11.1. The summed E-state index contributed by atoms with van der Waals surface area (Å²) in [6.07, 6.45) is 13.6. The molecule has 15 heteroatoms. The zero-order chi connectivity index (χ0) is 46.1. The highest BCUT2D eigenvalue weighted by atomic mass is 16.5. The number of rotatable bonds is 7. The van der Waals surface area contributed by atoms with E-state index >= 15 is 0 Å². The molecule has 9 heterocycles. The van der Waals surface area contributed by atoms with Crippen molar-refractivity contribution in [2.75, 3.05) is 9.80 Å². The first-order chi connectivity index (χ1) is 33.3. The molecule has 4 N–H and O–H groups in total. The number of carbonyl (C=O) groups is 2. The van der Waals surface area contributed by atoms with E-state index in [9.17, 15) is 14.4 Å². The van der Waals surface area contributed by atoms with Crippen molar-refractivity contribution in [3.63, 3.8) is 0 Å². The Morgan fingerprint density at radius 3 is 1.81 bits per heavy atom. The molecule has 15 nitrogen and oxygen atoms in total. The van der Waals surface area contributed by atoms with Crippen LogP contribution in [-0.2, 0) is 6.54 Å². The predicted octanol–water partition coefficient (Wildman–Crippen LogP) is 9.07. The van der Waals surface area contributed by atoms with Gasteiger partial charge in [-0.25, -0.2) is 4.79 Å². The fourth-order valence-corrected chi connectivity index (χ4v) is 11.1. The average molecular weight is 910 g/mol. The number of pyridine rings is 2. The summed E-state index contributed by atoms with van der Waals surface area (Å²) in [5.41, 5.74) is 12.6. The summed E-state index contributed by atoms with van der Waals surface area (Å²) < 4.78 is 17.1. The lowest BCUT2D eigenvalue weighted by Crippen LogP contribution is -2.49. The van der Waals surface area contributed by atoms with E-state index in [2.05, 4.69) is 76.5 Å². The van der Waals surface area contributed by atoms with Crippen molar-refractivity contribution in [2.45, 2.75) is 94.2 Å². The van der Waals surface area contributed by atoms with Gasteiger partial charge in [0.1, 0.15) is 5.69 Å². The first-order valence-corrected chi connectivity index (χ1v) is 23.4. The molecule has 0 aliphatic carbocycles. The normalized spacial score (nSPS) is 22.6. The van der Waals surface area contributed by atoms with Crippen LogP contribution >= 0.6 is 0 Å². The number of hydrogen-bond donors (Lipinski definition) is 3. The number of nitrogens with one attached hydrogen (secondary N) is 2. The lowest BCUT2D eigenvalue weighted by molar-refractivity contribution is 0.0999. The van der Waals surface area contributed by atoms with Crippen LogP contribution in [0.1, 0.15) is 77.9 Å². The van der Waals surface area contributed by atoms with Crippen molar-refractivity contribution in [1.82, 2.24) is 30.3 Å². The first kappa shape index (κ1) is 43.0. The second-order valence-corrected chi connectivity index (χ2v) is 18.2. The maximum Gasteiger partial charge on any atom is 0.439 e. The minimum absolute atomic E-state index is 0.369. The molecule has 0 radical (unpaired) electrons. The lowest BCUT2D eigenvalue weighted by Gasteiger charge is -2.45. The maximum atomic E-state index is 11.6. The summed E-state index contributed by atoms with van der Waals surface area (Å²) in [6.45, 7) is 0.915. The van der Waals surface area contributed by atoms with E-state index in [0.29, 0.717) is 59.1 Å². The van der Waals surface area contributed by atoms with Crippen molar-refractivity contribution in [3.05, 3.63) is 161 Å². The number of para-hydroxylation sites is 4. The molecule has 0 spiro atoms. The molecule has 2 unspecified atom stereocenters. The lowest BCUT2D eigenvalue weighted by atomic mass is 9.93. The Morgan fingerprint density at radius 1 is 0.647 bits per heavy atom. The van der Waals surface area contributed by atoms with Gasteiger partial charge in [-0.1, -0.05) is 41.6 Å². The molecule has 6 aliphatic rings. The van der Waals surface area contributed by atoms with E-state index < -0.39 is 11.7 Å². The third-order valence-electron chi connectivity index (χ3n) is 14.0. The van der Waals surface area contributed by atoms with Crippen molar-refractivity contribution >= 4 is 34.9 Å². The van der Waals surface area contributed by atoms with E-state index in [1.165, 1.54) is 25.7 Å². The van der Waals surface area contributed by atoms with Crippen LogP contribution in [0.5, 0.6) is 23.0 Å². The zero-order valence-electron chi connectivity index (χ0n) is 37.3. The van der Waals surface area contributed by atoms with Gasteiger partial charge in [0.2, 0.25) is 5.91 Å². The smallest absolute Gasteiger partial charge is 0.439 e.